The molecule has 4 N–H and O–H groups in total. The average molecular weight is 496 g/mol. The zero-order valence-corrected chi connectivity index (χ0v) is 20.8. The number of amides is 1. The van der Waals surface area contributed by atoms with Crippen molar-refractivity contribution in [3.63, 3.8) is 0 Å². The lowest BCUT2D eigenvalue weighted by molar-refractivity contribution is -0.145. The van der Waals surface area contributed by atoms with Crippen LogP contribution in [0.4, 0.5) is 0 Å². The van der Waals surface area contributed by atoms with E-state index in [-0.39, 0.29) is 12.0 Å². The Balaban J connectivity index is 1.27. The van der Waals surface area contributed by atoms with Crippen LogP contribution < -0.4 is 16.1 Å². The van der Waals surface area contributed by atoms with E-state index in [2.05, 4.69) is 41.0 Å². The number of hydrogen-bond donors (Lipinski definition) is 4. The molecule has 1 atom stereocenters. The maximum Gasteiger partial charge on any atom is 0.323 e. The van der Waals surface area contributed by atoms with Gasteiger partial charge in [0.25, 0.3) is 5.91 Å². The smallest absolute Gasteiger partial charge is 0.323 e. The van der Waals surface area contributed by atoms with Gasteiger partial charge < -0.3 is 15.4 Å². The van der Waals surface area contributed by atoms with Crippen LogP contribution in [0.1, 0.15) is 58.5 Å². The van der Waals surface area contributed by atoms with E-state index < -0.39 is 5.91 Å². The number of nitrogens with one attached hydrogen (secondary N) is 3. The van der Waals surface area contributed by atoms with Gasteiger partial charge in [-0.3, -0.25) is 14.8 Å². The summed E-state index contributed by atoms with van der Waals surface area (Å²) < 4.78 is 6.07. The van der Waals surface area contributed by atoms with Crippen LogP contribution in [0.15, 0.2) is 48.5 Å². The summed E-state index contributed by atoms with van der Waals surface area (Å²) in [6.45, 7) is 2.09. The molecule has 0 aliphatic heterocycles. The number of esters is 1. The van der Waals surface area contributed by atoms with E-state index >= 15 is 0 Å². The third-order valence-corrected chi connectivity index (χ3v) is 7.79. The second-order valence-corrected chi connectivity index (χ2v) is 10.2. The molecule has 35 heavy (non-hydrogen) atoms. The summed E-state index contributed by atoms with van der Waals surface area (Å²) in [4.78, 5) is 24.4. The van der Waals surface area contributed by atoms with Crippen LogP contribution in [0.2, 0.25) is 0 Å². The topological polar surface area (TPSA) is 99.7 Å². The predicted molar refractivity (Wildman–Crippen MR) is 137 cm³/mol. The Morgan fingerprint density at radius 1 is 0.971 bits per heavy atom. The molecule has 4 rings (SSSR count). The van der Waals surface area contributed by atoms with Gasteiger partial charge >= 0.3 is 5.97 Å². The molecular formula is C27H33N3O4S. The van der Waals surface area contributed by atoms with E-state index in [1.807, 2.05) is 12.1 Å². The van der Waals surface area contributed by atoms with Gasteiger partial charge in [0.1, 0.15) is 6.04 Å². The Morgan fingerprint density at radius 3 is 2.31 bits per heavy atom. The van der Waals surface area contributed by atoms with Crippen molar-refractivity contribution in [3.8, 4) is 0 Å². The third-order valence-electron chi connectivity index (χ3n) is 6.69. The monoisotopic (exact) mass is 495 g/mol. The van der Waals surface area contributed by atoms with Crippen LogP contribution in [-0.2, 0) is 29.2 Å². The molecule has 1 heterocycles. The van der Waals surface area contributed by atoms with Crippen molar-refractivity contribution >= 4 is 33.3 Å². The fourth-order valence-electron chi connectivity index (χ4n) is 4.74. The van der Waals surface area contributed by atoms with E-state index in [0.29, 0.717) is 23.9 Å². The number of thiophene rings is 1. The first-order valence-electron chi connectivity index (χ1n) is 12.1. The van der Waals surface area contributed by atoms with E-state index in [1.165, 1.54) is 43.3 Å². The largest absolute Gasteiger partial charge is 0.468 e. The number of hydroxylamine groups is 1. The van der Waals surface area contributed by atoms with Gasteiger partial charge in [-0.2, -0.15) is 0 Å². The minimum atomic E-state index is -0.487. The second-order valence-electron chi connectivity index (χ2n) is 9.12. The van der Waals surface area contributed by atoms with Gasteiger partial charge in [-0.1, -0.05) is 55.7 Å². The molecule has 8 heteroatoms. The molecule has 0 radical (unpaired) electrons. The van der Waals surface area contributed by atoms with E-state index in [0.717, 1.165) is 40.6 Å². The summed E-state index contributed by atoms with van der Waals surface area (Å²) in [6, 6.07) is 16.1. The van der Waals surface area contributed by atoms with Crippen molar-refractivity contribution in [2.75, 3.05) is 7.11 Å². The molecule has 1 amide bonds. The molecule has 7 nitrogen and oxygen atoms in total. The lowest BCUT2D eigenvalue weighted by Gasteiger charge is -2.29. The van der Waals surface area contributed by atoms with Crippen LogP contribution >= 0.6 is 11.3 Å². The predicted octanol–water partition coefficient (Wildman–Crippen LogP) is 4.52. The summed E-state index contributed by atoms with van der Waals surface area (Å²) >= 11 is 1.36. The molecule has 1 fully saturated rings. The average Bonchev–Trinajstić information content (AvgIpc) is 3.33. The zero-order valence-electron chi connectivity index (χ0n) is 20.0. The van der Waals surface area contributed by atoms with Crippen LogP contribution in [0.3, 0.4) is 0 Å². The number of hydrogen-bond acceptors (Lipinski definition) is 7. The number of ether oxygens (including phenoxy) is 1. The van der Waals surface area contributed by atoms with Crippen LogP contribution in [-0.4, -0.2) is 30.2 Å². The lowest BCUT2D eigenvalue weighted by Crippen LogP contribution is -2.44. The van der Waals surface area contributed by atoms with Crippen molar-refractivity contribution in [1.29, 1.82) is 0 Å². The first-order valence-corrected chi connectivity index (χ1v) is 13.0. The third kappa shape index (κ3) is 6.67. The summed E-state index contributed by atoms with van der Waals surface area (Å²) in [6.07, 6.45) is 5.79. The SMILES string of the molecule is COC(=O)[C@@H](NCc1ccc(CNCc2ccc3cc(C(=O)NO)sc3c2)cc1)C1CCCCC1. The molecule has 1 aromatic heterocycles. The van der Waals surface area contributed by atoms with Crippen molar-refractivity contribution in [2.24, 2.45) is 5.92 Å². The van der Waals surface area contributed by atoms with Gasteiger partial charge in [-0.15, -0.1) is 11.3 Å². The van der Waals surface area contributed by atoms with Crippen LogP contribution in [0.5, 0.6) is 0 Å². The van der Waals surface area contributed by atoms with Crippen molar-refractivity contribution in [3.05, 3.63) is 70.1 Å². The lowest BCUT2D eigenvalue weighted by atomic mass is 9.84. The zero-order chi connectivity index (χ0) is 24.6. The molecule has 0 spiro atoms. The molecule has 1 saturated carbocycles. The summed E-state index contributed by atoms with van der Waals surface area (Å²) in [5, 5.41) is 16.7. The quantitative estimate of drug-likeness (QED) is 0.187. The fraction of sp³-hybridized carbons (Fsp3) is 0.407. The number of fused-ring (bicyclic) bond motifs is 1. The van der Waals surface area contributed by atoms with E-state index in [1.54, 1.807) is 11.5 Å². The number of benzene rings is 2. The molecular weight excluding hydrogens is 462 g/mol. The van der Waals surface area contributed by atoms with Crippen molar-refractivity contribution < 1.29 is 19.5 Å². The molecule has 3 aromatic rings. The minimum Gasteiger partial charge on any atom is -0.468 e. The summed E-state index contributed by atoms with van der Waals surface area (Å²) in [7, 11) is 1.47. The van der Waals surface area contributed by atoms with Gasteiger partial charge in [-0.25, -0.2) is 5.48 Å². The van der Waals surface area contributed by atoms with Crippen molar-refractivity contribution in [2.45, 2.75) is 57.8 Å². The molecule has 186 valence electrons. The van der Waals surface area contributed by atoms with Gasteiger partial charge in [0.05, 0.1) is 12.0 Å². The van der Waals surface area contributed by atoms with Gasteiger partial charge in [-0.05, 0) is 53.0 Å². The van der Waals surface area contributed by atoms with Gasteiger partial charge in [0.2, 0.25) is 0 Å². The minimum absolute atomic E-state index is 0.161. The fourth-order valence-corrected chi connectivity index (χ4v) is 5.76. The van der Waals surface area contributed by atoms with Crippen LogP contribution in [0, 0.1) is 5.92 Å². The Hall–Kier alpha value is -2.78. The van der Waals surface area contributed by atoms with Gasteiger partial charge in [0.15, 0.2) is 0 Å². The summed E-state index contributed by atoms with van der Waals surface area (Å²) in [5.41, 5.74) is 5.14. The Bertz CT molecular complexity index is 1140. The molecule has 1 aliphatic rings. The molecule has 0 unspecified atom stereocenters. The Labute approximate surface area is 209 Å². The molecule has 0 bridgehead atoms. The van der Waals surface area contributed by atoms with Crippen molar-refractivity contribution in [1.82, 2.24) is 16.1 Å². The van der Waals surface area contributed by atoms with E-state index in [9.17, 15) is 9.59 Å². The second kappa shape index (κ2) is 12.3. The highest BCUT2D eigenvalue weighted by Crippen LogP contribution is 2.28. The number of carbonyl (C=O) groups is 2. The van der Waals surface area contributed by atoms with Crippen LogP contribution in [0.25, 0.3) is 10.1 Å². The number of rotatable bonds is 10. The standard InChI is InChI=1S/C27H33N3O4S/c1-34-27(32)25(21-5-3-2-4-6-21)29-17-19-9-7-18(8-10-19)15-28-16-20-11-12-22-14-24(26(31)30-33)35-23(22)13-20/h7-14,21,25,28-29,33H,2-6,15-17H2,1H3,(H,30,31)/t25-/m0/s1. The molecule has 2 aromatic carbocycles. The molecule has 0 saturated heterocycles. The van der Waals surface area contributed by atoms with Gasteiger partial charge in [0, 0.05) is 24.3 Å². The highest BCUT2D eigenvalue weighted by molar-refractivity contribution is 7.20. The maximum atomic E-state index is 12.3. The van der Waals surface area contributed by atoms with E-state index in [4.69, 9.17) is 9.94 Å². The summed E-state index contributed by atoms with van der Waals surface area (Å²) in [5.74, 6) is -0.294. The molecule has 1 aliphatic carbocycles. The number of methoxy groups -OCH3 is 1. The normalized spacial score (nSPS) is 15.1. The Morgan fingerprint density at radius 2 is 1.63 bits per heavy atom. The highest BCUT2D eigenvalue weighted by Gasteiger charge is 2.29. The first kappa shape index (κ1) is 25.3. The maximum absolute atomic E-state index is 12.3. The highest BCUT2D eigenvalue weighted by atomic mass is 32.1. The Kier molecular flexibility index (Phi) is 8.87. The first-order chi connectivity index (χ1) is 17.1. The number of carbonyl (C=O) groups excluding carboxylic acids is 2.